The van der Waals surface area contributed by atoms with E-state index < -0.39 is 40.9 Å². The smallest absolute Gasteiger partial charge is 0.397 e. The molecule has 1 aromatic carbocycles. The van der Waals surface area contributed by atoms with Gasteiger partial charge in [0.2, 0.25) is 0 Å². The molecule has 0 atom stereocenters. The molecule has 1 aromatic heterocycles. The van der Waals surface area contributed by atoms with E-state index in [1.807, 2.05) is 0 Å². The number of nitrogens with one attached hydrogen (secondary N) is 1. The Balaban J connectivity index is 1.89. The summed E-state index contributed by atoms with van der Waals surface area (Å²) in [6.07, 6.45) is 0. The summed E-state index contributed by atoms with van der Waals surface area (Å²) in [7, 11) is 0. The number of hydrogen-bond donors (Lipinski definition) is 1. The first-order chi connectivity index (χ1) is 15.7. The first kappa shape index (κ1) is 25.1. The molecule has 180 valence electrons. The first-order valence-corrected chi connectivity index (χ1v) is 11.3. The average Bonchev–Trinajstić information content (AvgIpc) is 3.20. The van der Waals surface area contributed by atoms with Gasteiger partial charge in [-0.2, -0.15) is 0 Å². The second kappa shape index (κ2) is 9.02. The van der Waals surface area contributed by atoms with Gasteiger partial charge in [-0.3, -0.25) is 19.3 Å². The molecular formula is C24H26N2O7S. The molecule has 0 radical (unpaired) electrons. The highest BCUT2D eigenvalue weighted by atomic mass is 32.1. The average molecular weight is 487 g/mol. The second-order valence-electron chi connectivity index (χ2n) is 9.66. The molecule has 34 heavy (non-hydrogen) atoms. The van der Waals surface area contributed by atoms with Crippen LogP contribution in [0.3, 0.4) is 0 Å². The number of rotatable bonds is 4. The number of ether oxygens (including phenoxy) is 2. The van der Waals surface area contributed by atoms with Crippen molar-refractivity contribution in [1.29, 1.82) is 0 Å². The fourth-order valence-corrected chi connectivity index (χ4v) is 4.14. The molecule has 2 aromatic rings. The fraction of sp³-hybridized carbons (Fsp3) is 0.375. The van der Waals surface area contributed by atoms with Crippen molar-refractivity contribution in [1.82, 2.24) is 4.90 Å². The van der Waals surface area contributed by atoms with Crippen molar-refractivity contribution in [2.75, 3.05) is 5.32 Å². The van der Waals surface area contributed by atoms with E-state index in [1.54, 1.807) is 65.8 Å². The van der Waals surface area contributed by atoms with Crippen molar-refractivity contribution in [3.63, 3.8) is 0 Å². The summed E-state index contributed by atoms with van der Waals surface area (Å²) in [6, 6.07) is 7.92. The summed E-state index contributed by atoms with van der Waals surface area (Å²) >= 11 is 0.961. The zero-order chi connectivity index (χ0) is 25.4. The number of esters is 2. The van der Waals surface area contributed by atoms with Crippen molar-refractivity contribution < 1.29 is 33.4 Å². The van der Waals surface area contributed by atoms with Crippen LogP contribution in [0, 0.1) is 0 Å². The van der Waals surface area contributed by atoms with Gasteiger partial charge in [-0.25, -0.2) is 9.59 Å². The van der Waals surface area contributed by atoms with Crippen LogP contribution < -0.4 is 5.32 Å². The topological polar surface area (TPSA) is 119 Å². The third-order valence-corrected chi connectivity index (χ3v) is 5.44. The Hall–Kier alpha value is -3.53. The predicted molar refractivity (Wildman–Crippen MR) is 125 cm³/mol. The largest absolute Gasteiger partial charge is 0.456 e. The lowest BCUT2D eigenvalue weighted by molar-refractivity contribution is -0.161. The van der Waals surface area contributed by atoms with E-state index in [0.29, 0.717) is 16.0 Å². The molecule has 0 unspecified atom stereocenters. The van der Waals surface area contributed by atoms with E-state index in [2.05, 4.69) is 5.32 Å². The van der Waals surface area contributed by atoms with E-state index in [9.17, 15) is 24.0 Å². The van der Waals surface area contributed by atoms with Gasteiger partial charge in [-0.15, -0.1) is 11.3 Å². The molecule has 0 aliphatic carbocycles. The molecule has 1 N–H and O–H groups in total. The maximum absolute atomic E-state index is 12.8. The molecular weight excluding hydrogens is 460 g/mol. The highest BCUT2D eigenvalue weighted by Crippen LogP contribution is 2.33. The van der Waals surface area contributed by atoms with E-state index in [-0.39, 0.29) is 17.1 Å². The predicted octanol–water partition coefficient (Wildman–Crippen LogP) is 3.78. The molecule has 1 aliphatic heterocycles. The lowest BCUT2D eigenvalue weighted by atomic mass is 10.1. The normalized spacial score (nSPS) is 13.5. The number of hydrogen-bond acceptors (Lipinski definition) is 8. The number of carbonyl (C=O) groups is 5. The van der Waals surface area contributed by atoms with E-state index in [1.165, 1.54) is 6.07 Å². The second-order valence-corrected chi connectivity index (χ2v) is 10.8. The van der Waals surface area contributed by atoms with Gasteiger partial charge in [0.25, 0.3) is 11.8 Å². The van der Waals surface area contributed by atoms with Gasteiger partial charge in [-0.05, 0) is 59.7 Å². The number of thiophene rings is 1. The van der Waals surface area contributed by atoms with Crippen LogP contribution in [0.2, 0.25) is 0 Å². The van der Waals surface area contributed by atoms with Crippen LogP contribution in [0.4, 0.5) is 5.00 Å². The first-order valence-electron chi connectivity index (χ1n) is 10.5. The van der Waals surface area contributed by atoms with E-state index >= 15 is 0 Å². The quantitative estimate of drug-likeness (QED) is 0.397. The Morgan fingerprint density at radius 2 is 1.44 bits per heavy atom. The fourth-order valence-electron chi connectivity index (χ4n) is 3.11. The summed E-state index contributed by atoms with van der Waals surface area (Å²) in [6.45, 7) is 9.82. The third-order valence-electron chi connectivity index (χ3n) is 4.41. The minimum absolute atomic E-state index is 0.00319. The molecule has 0 fully saturated rings. The number of benzene rings is 1. The number of imide groups is 1. The summed E-state index contributed by atoms with van der Waals surface area (Å²) in [5, 5.41) is 2.45. The van der Waals surface area contributed by atoms with E-state index in [4.69, 9.17) is 9.47 Å². The molecule has 0 saturated heterocycles. The summed E-state index contributed by atoms with van der Waals surface area (Å²) in [5.74, 6) is -3.80. The maximum Gasteiger partial charge on any atom is 0.397 e. The van der Waals surface area contributed by atoms with Gasteiger partial charge >= 0.3 is 17.8 Å². The lowest BCUT2D eigenvalue weighted by Gasteiger charge is -2.20. The van der Waals surface area contributed by atoms with Gasteiger partial charge in [0.05, 0.1) is 23.2 Å². The molecule has 2 heterocycles. The maximum atomic E-state index is 12.8. The number of carbonyl (C=O) groups excluding carboxylic acids is 5. The Morgan fingerprint density at radius 1 is 0.912 bits per heavy atom. The van der Waals surface area contributed by atoms with E-state index in [0.717, 1.165) is 16.2 Å². The highest BCUT2D eigenvalue weighted by molar-refractivity contribution is 7.16. The van der Waals surface area contributed by atoms with Gasteiger partial charge in [0.1, 0.15) is 16.2 Å². The van der Waals surface area contributed by atoms with Gasteiger partial charge in [0.15, 0.2) is 0 Å². The molecule has 3 rings (SSSR count). The van der Waals surface area contributed by atoms with Crippen LogP contribution >= 0.6 is 11.3 Å². The minimum atomic E-state index is -1.11. The van der Waals surface area contributed by atoms with Crippen LogP contribution in [-0.4, -0.2) is 45.8 Å². The molecule has 9 nitrogen and oxygen atoms in total. The third kappa shape index (κ3) is 5.69. The van der Waals surface area contributed by atoms with Crippen molar-refractivity contribution in [2.24, 2.45) is 0 Å². The summed E-state index contributed by atoms with van der Waals surface area (Å²) in [5.41, 5.74) is -1.09. The monoisotopic (exact) mass is 486 g/mol. The standard InChI is InChI=1S/C24H26N2O7S/c1-23(2,3)32-21(30)16-11-13(34-18(16)25-17(27)22(31)33-24(4,5)6)12-26-19(28)14-9-7-8-10-15(14)20(26)29/h7-11H,12H2,1-6H3,(H,25,27). The number of nitrogens with zero attached hydrogens (tertiary/aromatic N) is 1. The van der Waals surface area contributed by atoms with Crippen molar-refractivity contribution >= 4 is 46.0 Å². The lowest BCUT2D eigenvalue weighted by Crippen LogP contribution is -2.32. The van der Waals surface area contributed by atoms with Crippen molar-refractivity contribution in [3.8, 4) is 0 Å². The molecule has 1 aliphatic rings. The Morgan fingerprint density at radius 3 is 1.94 bits per heavy atom. The van der Waals surface area contributed by atoms with Crippen LogP contribution in [0.25, 0.3) is 0 Å². The van der Waals surface area contributed by atoms with Gasteiger partial charge < -0.3 is 14.8 Å². The SMILES string of the molecule is CC(C)(C)OC(=O)C(=O)Nc1sc(CN2C(=O)c3ccccc3C2=O)cc1C(=O)OC(C)(C)C. The molecule has 10 heteroatoms. The Bertz CT molecular complexity index is 1150. The van der Waals surface area contributed by atoms with Crippen molar-refractivity contribution in [2.45, 2.75) is 59.3 Å². The van der Waals surface area contributed by atoms with Crippen LogP contribution in [0.1, 0.15) is 77.5 Å². The minimum Gasteiger partial charge on any atom is -0.456 e. The van der Waals surface area contributed by atoms with Crippen LogP contribution in [0.5, 0.6) is 0 Å². The zero-order valence-corrected chi connectivity index (χ0v) is 20.6. The Kier molecular flexibility index (Phi) is 6.66. The zero-order valence-electron chi connectivity index (χ0n) is 19.8. The van der Waals surface area contributed by atoms with Crippen LogP contribution in [-0.2, 0) is 25.6 Å². The molecule has 0 bridgehead atoms. The highest BCUT2D eigenvalue weighted by Gasteiger charge is 2.36. The van der Waals surface area contributed by atoms with Gasteiger partial charge in [0, 0.05) is 4.88 Å². The van der Waals surface area contributed by atoms with Crippen LogP contribution in [0.15, 0.2) is 30.3 Å². The number of amides is 3. The molecule has 0 saturated carbocycles. The molecule has 0 spiro atoms. The van der Waals surface area contributed by atoms with Gasteiger partial charge in [-0.1, -0.05) is 12.1 Å². The number of fused-ring (bicyclic) bond motifs is 1. The molecule has 3 amide bonds. The Labute approximate surface area is 201 Å². The number of anilines is 1. The summed E-state index contributed by atoms with van der Waals surface area (Å²) in [4.78, 5) is 64.3. The summed E-state index contributed by atoms with van der Waals surface area (Å²) < 4.78 is 10.5. The van der Waals surface area contributed by atoms with Crippen molar-refractivity contribution in [3.05, 3.63) is 51.9 Å².